The minimum absolute atomic E-state index is 0.195. The summed E-state index contributed by atoms with van der Waals surface area (Å²) in [7, 11) is 0. The number of hydrogen-bond donors (Lipinski definition) is 5. The molecule has 0 unspecified atom stereocenters. The number of carbonyl (C=O) groups is 3. The van der Waals surface area contributed by atoms with Gasteiger partial charge in [0.1, 0.15) is 12.1 Å². The second-order valence-electron chi connectivity index (χ2n) is 7.20. The summed E-state index contributed by atoms with van der Waals surface area (Å²) in [5.41, 5.74) is 1.73. The van der Waals surface area contributed by atoms with Crippen molar-refractivity contribution in [3.05, 3.63) is 36.0 Å². The van der Waals surface area contributed by atoms with Crippen LogP contribution in [0.5, 0.6) is 0 Å². The normalized spacial score (nSPS) is 13.3. The molecule has 1 aromatic carbocycles. The lowest BCUT2D eigenvalue weighted by Gasteiger charge is -2.21. The van der Waals surface area contributed by atoms with Gasteiger partial charge >= 0.3 is 5.97 Å². The average Bonchev–Trinajstić information content (AvgIpc) is 3.06. The third-order valence-corrected chi connectivity index (χ3v) is 4.50. The predicted molar refractivity (Wildman–Crippen MR) is 105 cm³/mol. The van der Waals surface area contributed by atoms with E-state index in [1.807, 2.05) is 38.1 Å². The number of nitrogens with one attached hydrogen (secondary N) is 3. The molecule has 0 radical (unpaired) electrons. The van der Waals surface area contributed by atoms with E-state index in [9.17, 15) is 14.4 Å². The van der Waals surface area contributed by atoms with Gasteiger partial charge < -0.3 is 25.8 Å². The highest BCUT2D eigenvalue weighted by Gasteiger charge is 2.27. The first-order valence-electron chi connectivity index (χ1n) is 9.30. The number of benzene rings is 1. The molecule has 1 heterocycles. The van der Waals surface area contributed by atoms with Gasteiger partial charge in [0.05, 0.1) is 6.61 Å². The fraction of sp³-hybridized carbons (Fsp3) is 0.450. The highest BCUT2D eigenvalue weighted by atomic mass is 16.4. The Kier molecular flexibility index (Phi) is 7.57. The summed E-state index contributed by atoms with van der Waals surface area (Å²) in [4.78, 5) is 39.2. The molecule has 8 heteroatoms. The number of hydrogen-bond acceptors (Lipinski definition) is 4. The van der Waals surface area contributed by atoms with Crippen molar-refractivity contribution in [1.82, 2.24) is 15.6 Å². The molecule has 0 aliphatic heterocycles. The Hall–Kier alpha value is -2.87. The van der Waals surface area contributed by atoms with E-state index >= 15 is 0 Å². The first kappa shape index (κ1) is 21.4. The van der Waals surface area contributed by atoms with Gasteiger partial charge in [0.25, 0.3) is 0 Å². The number of H-pyrrole nitrogens is 1. The zero-order chi connectivity index (χ0) is 20.7. The quantitative estimate of drug-likeness (QED) is 0.417. The summed E-state index contributed by atoms with van der Waals surface area (Å²) in [6, 6.07) is 5.20. The maximum Gasteiger partial charge on any atom is 0.328 e. The van der Waals surface area contributed by atoms with E-state index < -0.39 is 30.6 Å². The maximum atomic E-state index is 12.6. The monoisotopic (exact) mass is 389 g/mol. The van der Waals surface area contributed by atoms with Crippen molar-refractivity contribution < 1.29 is 24.6 Å². The molecular weight excluding hydrogens is 362 g/mol. The Morgan fingerprint density at radius 3 is 2.46 bits per heavy atom. The maximum absolute atomic E-state index is 12.6. The van der Waals surface area contributed by atoms with Crippen LogP contribution in [-0.4, -0.2) is 51.7 Å². The van der Waals surface area contributed by atoms with Gasteiger partial charge in [0.2, 0.25) is 11.8 Å². The fourth-order valence-corrected chi connectivity index (χ4v) is 2.87. The van der Waals surface area contributed by atoms with Crippen LogP contribution in [0.4, 0.5) is 0 Å². The largest absolute Gasteiger partial charge is 0.480 e. The van der Waals surface area contributed by atoms with Gasteiger partial charge in [-0.3, -0.25) is 9.59 Å². The molecule has 0 spiro atoms. The average molecular weight is 389 g/mol. The van der Waals surface area contributed by atoms with Crippen molar-refractivity contribution in [2.75, 3.05) is 6.61 Å². The second-order valence-corrected chi connectivity index (χ2v) is 7.20. The number of carboxylic acids is 1. The molecule has 28 heavy (non-hydrogen) atoms. The fourth-order valence-electron chi connectivity index (χ4n) is 2.87. The van der Waals surface area contributed by atoms with Crippen LogP contribution in [0.2, 0.25) is 0 Å². The number of aromatic nitrogens is 1. The van der Waals surface area contributed by atoms with Gasteiger partial charge in [-0.2, -0.15) is 0 Å². The number of fused-ring (bicyclic) bond motifs is 1. The van der Waals surface area contributed by atoms with Crippen LogP contribution in [0.15, 0.2) is 30.5 Å². The van der Waals surface area contributed by atoms with E-state index in [0.29, 0.717) is 12.3 Å². The molecule has 0 aliphatic carbocycles. The Bertz CT molecular complexity index is 830. The summed E-state index contributed by atoms with van der Waals surface area (Å²) in [6.45, 7) is 3.27. The molecule has 2 atom stereocenters. The number of amides is 2. The van der Waals surface area contributed by atoms with Gasteiger partial charge in [-0.15, -0.1) is 0 Å². The molecular formula is C20H27N3O5. The molecule has 2 amide bonds. The van der Waals surface area contributed by atoms with Crippen molar-refractivity contribution in [1.29, 1.82) is 0 Å². The third-order valence-electron chi connectivity index (χ3n) is 4.50. The van der Waals surface area contributed by atoms with Crippen molar-refractivity contribution in [3.8, 4) is 0 Å². The lowest BCUT2D eigenvalue weighted by Crippen LogP contribution is -2.53. The Morgan fingerprint density at radius 1 is 1.11 bits per heavy atom. The molecule has 0 bridgehead atoms. The highest BCUT2D eigenvalue weighted by Crippen LogP contribution is 2.19. The smallest absolute Gasteiger partial charge is 0.328 e. The number of para-hydroxylation sites is 1. The zero-order valence-electron chi connectivity index (χ0n) is 16.1. The Labute approximate surface area is 163 Å². The van der Waals surface area contributed by atoms with E-state index in [1.165, 1.54) is 0 Å². The van der Waals surface area contributed by atoms with Crippen LogP contribution in [0.3, 0.4) is 0 Å². The molecule has 8 nitrogen and oxygen atoms in total. The number of carboxylic acid groups (broad SMARTS) is 1. The van der Waals surface area contributed by atoms with Crippen molar-refractivity contribution in [2.24, 2.45) is 5.92 Å². The Morgan fingerprint density at radius 2 is 1.82 bits per heavy atom. The molecule has 2 aromatic rings. The summed E-state index contributed by atoms with van der Waals surface area (Å²) in [5.74, 6) is -1.92. The SMILES string of the molecule is CC(C)CCC(=O)N[C@@H](Cc1c[nH]c2ccccc12)C(=O)N[C@@H](CO)C(=O)O. The van der Waals surface area contributed by atoms with Crippen LogP contribution in [-0.2, 0) is 20.8 Å². The van der Waals surface area contributed by atoms with Crippen LogP contribution in [0.25, 0.3) is 10.9 Å². The number of rotatable bonds is 10. The molecule has 0 saturated carbocycles. The number of carbonyl (C=O) groups excluding carboxylic acids is 2. The third kappa shape index (κ3) is 5.82. The van der Waals surface area contributed by atoms with Crippen LogP contribution in [0, 0.1) is 5.92 Å². The first-order valence-corrected chi connectivity index (χ1v) is 9.30. The van der Waals surface area contributed by atoms with Gasteiger partial charge in [-0.05, 0) is 24.0 Å². The van der Waals surface area contributed by atoms with Gasteiger partial charge in [0.15, 0.2) is 0 Å². The first-order chi connectivity index (χ1) is 13.3. The zero-order valence-corrected chi connectivity index (χ0v) is 16.1. The lowest BCUT2D eigenvalue weighted by atomic mass is 10.0. The Balaban J connectivity index is 2.18. The lowest BCUT2D eigenvalue weighted by molar-refractivity contribution is -0.143. The highest BCUT2D eigenvalue weighted by molar-refractivity contribution is 5.91. The summed E-state index contributed by atoms with van der Waals surface area (Å²) in [6.07, 6.45) is 2.92. The number of aliphatic hydroxyl groups is 1. The summed E-state index contributed by atoms with van der Waals surface area (Å²) >= 11 is 0. The molecule has 0 aliphatic rings. The summed E-state index contributed by atoms with van der Waals surface area (Å²) < 4.78 is 0. The minimum atomic E-state index is -1.43. The minimum Gasteiger partial charge on any atom is -0.480 e. The van der Waals surface area contributed by atoms with Crippen LogP contribution < -0.4 is 10.6 Å². The van der Waals surface area contributed by atoms with E-state index in [1.54, 1.807) is 6.20 Å². The molecule has 152 valence electrons. The van der Waals surface area contributed by atoms with Crippen LogP contribution >= 0.6 is 0 Å². The van der Waals surface area contributed by atoms with Crippen molar-refractivity contribution >= 4 is 28.7 Å². The van der Waals surface area contributed by atoms with E-state index in [-0.39, 0.29) is 18.7 Å². The number of aromatic amines is 1. The van der Waals surface area contributed by atoms with Gasteiger partial charge in [-0.1, -0.05) is 32.0 Å². The molecule has 0 saturated heterocycles. The predicted octanol–water partition coefficient (Wildman–Crippen LogP) is 1.19. The standard InChI is InChI=1S/C20H27N3O5/c1-12(2)7-8-18(25)22-16(19(26)23-17(11-24)20(27)28)9-13-10-21-15-6-4-3-5-14(13)15/h3-6,10,12,16-17,21,24H,7-9,11H2,1-2H3,(H,22,25)(H,23,26)(H,27,28)/t16-,17-/m0/s1. The second kappa shape index (κ2) is 9.89. The molecule has 1 aromatic heterocycles. The topological polar surface area (TPSA) is 132 Å². The van der Waals surface area contributed by atoms with Crippen molar-refractivity contribution in [3.63, 3.8) is 0 Å². The van der Waals surface area contributed by atoms with Crippen molar-refractivity contribution in [2.45, 2.75) is 45.2 Å². The van der Waals surface area contributed by atoms with Crippen LogP contribution in [0.1, 0.15) is 32.3 Å². The number of aliphatic hydroxyl groups excluding tert-OH is 1. The van der Waals surface area contributed by atoms with E-state index in [0.717, 1.165) is 16.5 Å². The molecule has 0 fully saturated rings. The van der Waals surface area contributed by atoms with Gasteiger partial charge in [0, 0.05) is 29.9 Å². The van der Waals surface area contributed by atoms with E-state index in [2.05, 4.69) is 15.6 Å². The summed E-state index contributed by atoms with van der Waals surface area (Å²) in [5, 5.41) is 24.1. The van der Waals surface area contributed by atoms with E-state index in [4.69, 9.17) is 10.2 Å². The van der Waals surface area contributed by atoms with Gasteiger partial charge in [-0.25, -0.2) is 4.79 Å². The number of aliphatic carboxylic acids is 1. The molecule has 5 N–H and O–H groups in total. The molecule has 2 rings (SSSR count).